The third kappa shape index (κ3) is 6.68. The fraction of sp³-hybridized carbons (Fsp3) is 0.435. The van der Waals surface area contributed by atoms with Crippen LogP contribution in [-0.4, -0.2) is 58.1 Å². The van der Waals surface area contributed by atoms with Crippen LogP contribution >= 0.6 is 11.6 Å². The topological polar surface area (TPSA) is 87.7 Å². The number of halogens is 1. The molecule has 1 unspecified atom stereocenters. The highest BCUT2D eigenvalue weighted by atomic mass is 35.5. The molecule has 0 radical (unpaired) electrons. The van der Waals surface area contributed by atoms with Crippen LogP contribution in [-0.2, 0) is 14.8 Å². The minimum Gasteiger partial charge on any atom is -0.379 e. The molecule has 0 spiro atoms. The summed E-state index contributed by atoms with van der Waals surface area (Å²) in [4.78, 5) is 15.2. The van der Waals surface area contributed by atoms with E-state index < -0.39 is 10.0 Å². The fourth-order valence-corrected chi connectivity index (χ4v) is 5.08. The van der Waals surface area contributed by atoms with Crippen LogP contribution in [0.5, 0.6) is 0 Å². The lowest BCUT2D eigenvalue weighted by Crippen LogP contribution is -2.49. The van der Waals surface area contributed by atoms with Gasteiger partial charge in [-0.3, -0.25) is 14.4 Å². The number of para-hydroxylation sites is 1. The van der Waals surface area contributed by atoms with Gasteiger partial charge in [-0.15, -0.1) is 0 Å². The number of carbonyl (C=O) groups is 1. The molecule has 0 saturated carbocycles. The van der Waals surface area contributed by atoms with E-state index in [2.05, 4.69) is 28.8 Å². The van der Waals surface area contributed by atoms with Gasteiger partial charge in [-0.1, -0.05) is 43.6 Å². The number of morpholine rings is 1. The molecule has 32 heavy (non-hydrogen) atoms. The van der Waals surface area contributed by atoms with Gasteiger partial charge in [-0.05, 0) is 42.7 Å². The number of benzene rings is 2. The Morgan fingerprint density at radius 3 is 2.53 bits per heavy atom. The molecule has 0 aromatic heterocycles. The Kier molecular flexibility index (Phi) is 8.53. The molecule has 0 bridgehead atoms. The maximum absolute atomic E-state index is 12.8. The quantitative estimate of drug-likeness (QED) is 0.573. The summed E-state index contributed by atoms with van der Waals surface area (Å²) in [5, 5.41) is 3.28. The number of anilines is 1. The maximum Gasteiger partial charge on any atom is 0.261 e. The normalized spacial score (nSPS) is 16.0. The molecule has 2 aromatic carbocycles. The van der Waals surface area contributed by atoms with Gasteiger partial charge in [0.15, 0.2) is 0 Å². The average Bonchev–Trinajstić information content (AvgIpc) is 2.78. The third-order valence-electron chi connectivity index (χ3n) is 5.33. The first-order valence-corrected chi connectivity index (χ1v) is 12.6. The number of sulfonamides is 1. The van der Waals surface area contributed by atoms with E-state index in [1.54, 1.807) is 36.4 Å². The third-order valence-corrected chi connectivity index (χ3v) is 7.02. The van der Waals surface area contributed by atoms with Crippen molar-refractivity contribution < 1.29 is 17.9 Å². The Morgan fingerprint density at radius 2 is 1.84 bits per heavy atom. The monoisotopic (exact) mass is 479 g/mol. The highest BCUT2D eigenvalue weighted by molar-refractivity contribution is 7.92. The summed E-state index contributed by atoms with van der Waals surface area (Å²) in [6, 6.07) is 12.8. The van der Waals surface area contributed by atoms with E-state index in [1.807, 2.05) is 0 Å². The lowest BCUT2D eigenvalue weighted by molar-refractivity contribution is 0.0124. The Bertz CT molecular complexity index is 1020. The van der Waals surface area contributed by atoms with E-state index in [4.69, 9.17) is 16.3 Å². The summed E-state index contributed by atoms with van der Waals surface area (Å²) >= 11 is 6.07. The largest absolute Gasteiger partial charge is 0.379 e. The van der Waals surface area contributed by atoms with Crippen LogP contribution in [0.3, 0.4) is 0 Å². The first-order valence-electron chi connectivity index (χ1n) is 10.7. The zero-order chi connectivity index (χ0) is 23.1. The van der Waals surface area contributed by atoms with Gasteiger partial charge in [0, 0.05) is 31.2 Å². The van der Waals surface area contributed by atoms with Crippen molar-refractivity contribution in [2.24, 2.45) is 5.92 Å². The summed E-state index contributed by atoms with van der Waals surface area (Å²) in [6.07, 6.45) is 0.955. The standard InChI is InChI=1S/C23H30ClN3O4S/c1-17(2)14-19(27-10-12-31-13-11-27)16-25-23(28)18-6-5-7-20(15-18)32(29,30)26-22-9-4-3-8-21(22)24/h3-9,15,17,19,26H,10-14,16H2,1-2H3,(H,25,28). The summed E-state index contributed by atoms with van der Waals surface area (Å²) in [6.45, 7) is 7.89. The Labute approximate surface area is 195 Å². The van der Waals surface area contributed by atoms with Crippen LogP contribution in [0.2, 0.25) is 5.02 Å². The van der Waals surface area contributed by atoms with E-state index in [0.29, 0.717) is 30.7 Å². The van der Waals surface area contributed by atoms with Crippen molar-refractivity contribution in [3.63, 3.8) is 0 Å². The van der Waals surface area contributed by atoms with Gasteiger partial charge in [-0.25, -0.2) is 8.42 Å². The van der Waals surface area contributed by atoms with Gasteiger partial charge < -0.3 is 10.1 Å². The number of carbonyl (C=O) groups excluding carboxylic acids is 1. The van der Waals surface area contributed by atoms with Crippen LogP contribution < -0.4 is 10.0 Å². The van der Waals surface area contributed by atoms with Crippen molar-refractivity contribution in [3.05, 3.63) is 59.1 Å². The molecule has 174 valence electrons. The Morgan fingerprint density at radius 1 is 1.12 bits per heavy atom. The van der Waals surface area contributed by atoms with E-state index in [1.165, 1.54) is 12.1 Å². The maximum atomic E-state index is 12.8. The Hall–Kier alpha value is -2.13. The van der Waals surface area contributed by atoms with E-state index in [-0.39, 0.29) is 28.1 Å². The molecular formula is C23H30ClN3O4S. The van der Waals surface area contributed by atoms with Crippen molar-refractivity contribution in [3.8, 4) is 0 Å². The van der Waals surface area contributed by atoms with Crippen molar-refractivity contribution >= 4 is 33.2 Å². The molecule has 1 atom stereocenters. The second-order valence-electron chi connectivity index (χ2n) is 8.25. The number of rotatable bonds is 9. The second-order valence-corrected chi connectivity index (χ2v) is 10.3. The van der Waals surface area contributed by atoms with E-state index in [9.17, 15) is 13.2 Å². The van der Waals surface area contributed by atoms with E-state index in [0.717, 1.165) is 19.5 Å². The van der Waals surface area contributed by atoms with Crippen LogP contribution in [0.1, 0.15) is 30.6 Å². The van der Waals surface area contributed by atoms with Gasteiger partial charge in [-0.2, -0.15) is 0 Å². The van der Waals surface area contributed by atoms with Gasteiger partial charge in [0.25, 0.3) is 15.9 Å². The average molecular weight is 480 g/mol. The first-order chi connectivity index (χ1) is 15.3. The summed E-state index contributed by atoms with van der Waals surface area (Å²) in [5.41, 5.74) is 0.573. The van der Waals surface area contributed by atoms with Crippen LogP contribution in [0.4, 0.5) is 5.69 Å². The highest BCUT2D eigenvalue weighted by Crippen LogP contribution is 2.24. The van der Waals surface area contributed by atoms with Gasteiger partial charge in [0.05, 0.1) is 28.8 Å². The molecule has 0 aliphatic carbocycles. The number of hydrogen-bond acceptors (Lipinski definition) is 5. The van der Waals surface area contributed by atoms with Crippen molar-refractivity contribution in [2.75, 3.05) is 37.6 Å². The van der Waals surface area contributed by atoms with Crippen molar-refractivity contribution in [2.45, 2.75) is 31.2 Å². The summed E-state index contributed by atoms with van der Waals surface area (Å²) in [7, 11) is -3.89. The predicted molar refractivity (Wildman–Crippen MR) is 127 cm³/mol. The predicted octanol–water partition coefficient (Wildman–Crippen LogP) is 3.62. The minimum absolute atomic E-state index is 0.00280. The molecule has 1 aliphatic rings. The number of ether oxygens (including phenoxy) is 1. The van der Waals surface area contributed by atoms with E-state index >= 15 is 0 Å². The van der Waals surface area contributed by atoms with Gasteiger partial charge in [0.1, 0.15) is 0 Å². The molecule has 1 aliphatic heterocycles. The lowest BCUT2D eigenvalue weighted by Gasteiger charge is -2.35. The Balaban J connectivity index is 1.69. The molecule has 1 saturated heterocycles. The smallest absolute Gasteiger partial charge is 0.261 e. The zero-order valence-electron chi connectivity index (χ0n) is 18.4. The van der Waals surface area contributed by atoms with Crippen molar-refractivity contribution in [1.29, 1.82) is 0 Å². The molecule has 3 rings (SSSR count). The number of amides is 1. The minimum atomic E-state index is -3.89. The SMILES string of the molecule is CC(C)CC(CNC(=O)c1cccc(S(=O)(=O)Nc2ccccc2Cl)c1)N1CCOCC1. The van der Waals surface area contributed by atoms with Crippen LogP contribution in [0, 0.1) is 5.92 Å². The number of hydrogen-bond donors (Lipinski definition) is 2. The van der Waals surface area contributed by atoms with Crippen LogP contribution in [0.15, 0.2) is 53.4 Å². The molecular weight excluding hydrogens is 450 g/mol. The van der Waals surface area contributed by atoms with Gasteiger partial charge in [0.2, 0.25) is 0 Å². The molecule has 7 nitrogen and oxygen atoms in total. The second kappa shape index (κ2) is 11.1. The molecule has 1 heterocycles. The number of nitrogens with zero attached hydrogens (tertiary/aromatic N) is 1. The summed E-state index contributed by atoms with van der Waals surface area (Å²) in [5.74, 6) is 0.186. The fourth-order valence-electron chi connectivity index (χ4n) is 3.71. The molecule has 1 amide bonds. The lowest BCUT2D eigenvalue weighted by atomic mass is 10.0. The zero-order valence-corrected chi connectivity index (χ0v) is 20.0. The molecule has 1 fully saturated rings. The molecule has 2 N–H and O–H groups in total. The number of nitrogens with one attached hydrogen (secondary N) is 2. The highest BCUT2D eigenvalue weighted by Gasteiger charge is 2.23. The van der Waals surface area contributed by atoms with Gasteiger partial charge >= 0.3 is 0 Å². The molecule has 9 heteroatoms. The first kappa shape index (κ1) is 24.5. The summed E-state index contributed by atoms with van der Waals surface area (Å²) < 4.78 is 33.5. The van der Waals surface area contributed by atoms with Crippen LogP contribution in [0.25, 0.3) is 0 Å². The van der Waals surface area contributed by atoms with Crippen molar-refractivity contribution in [1.82, 2.24) is 10.2 Å². The molecule has 2 aromatic rings.